The number of ether oxygens (including phenoxy) is 2. The van der Waals surface area contributed by atoms with Crippen molar-refractivity contribution in [2.24, 2.45) is 0 Å². The van der Waals surface area contributed by atoms with E-state index in [1.54, 1.807) is 55.4 Å². The Morgan fingerprint density at radius 1 is 1.12 bits per heavy atom. The number of benzene rings is 2. The lowest BCUT2D eigenvalue weighted by atomic mass is 10.1. The van der Waals surface area contributed by atoms with Gasteiger partial charge in [0.05, 0.1) is 24.7 Å². The lowest BCUT2D eigenvalue weighted by molar-refractivity contribution is -0.384. The first-order chi connectivity index (χ1) is 12.4. The molecule has 0 saturated heterocycles. The summed E-state index contributed by atoms with van der Waals surface area (Å²) < 4.78 is 10.3. The van der Waals surface area contributed by atoms with Crippen LogP contribution in [0.3, 0.4) is 0 Å². The molecule has 0 aliphatic heterocycles. The molecule has 0 fully saturated rings. The Kier molecular flexibility index (Phi) is 5.95. The molecule has 0 aromatic heterocycles. The summed E-state index contributed by atoms with van der Waals surface area (Å²) in [5, 5.41) is 11.2. The topological polar surface area (TPSA) is 81.9 Å². The molecule has 7 heteroatoms. The van der Waals surface area contributed by atoms with Gasteiger partial charge in [0.1, 0.15) is 17.2 Å². The third-order valence-electron chi connectivity index (χ3n) is 3.78. The van der Waals surface area contributed by atoms with Crippen molar-refractivity contribution in [3.8, 4) is 11.5 Å². The van der Waals surface area contributed by atoms with Crippen LogP contribution >= 0.6 is 0 Å². The highest BCUT2D eigenvalue weighted by Crippen LogP contribution is 2.29. The van der Waals surface area contributed by atoms with E-state index in [0.717, 1.165) is 0 Å². The van der Waals surface area contributed by atoms with Gasteiger partial charge in [-0.05, 0) is 29.8 Å². The Hall–Kier alpha value is -3.35. The van der Waals surface area contributed by atoms with Crippen molar-refractivity contribution in [1.82, 2.24) is 0 Å². The summed E-state index contributed by atoms with van der Waals surface area (Å²) in [6.45, 7) is 0. The smallest absolute Gasteiger partial charge is 0.293 e. The monoisotopic (exact) mass is 356 g/mol. The summed E-state index contributed by atoms with van der Waals surface area (Å²) in [6.07, 6.45) is 2.90. The molecule has 2 rings (SSSR count). The zero-order valence-corrected chi connectivity index (χ0v) is 15.1. The quantitative estimate of drug-likeness (QED) is 0.326. The summed E-state index contributed by atoms with van der Waals surface area (Å²) >= 11 is 0. The lowest BCUT2D eigenvalue weighted by Gasteiger charge is -2.12. The van der Waals surface area contributed by atoms with Crippen LogP contribution in [0, 0.1) is 10.1 Å². The number of methoxy groups -OCH3 is 2. The fraction of sp³-hybridized carbons (Fsp3) is 0.211. The van der Waals surface area contributed by atoms with Gasteiger partial charge in [0.15, 0.2) is 5.78 Å². The second-order valence-corrected chi connectivity index (χ2v) is 5.66. The van der Waals surface area contributed by atoms with E-state index in [0.29, 0.717) is 28.3 Å². The maximum atomic E-state index is 12.4. The normalized spacial score (nSPS) is 10.6. The minimum atomic E-state index is -0.443. The summed E-state index contributed by atoms with van der Waals surface area (Å²) in [4.78, 5) is 24.9. The molecule has 0 bridgehead atoms. The number of anilines is 1. The summed E-state index contributed by atoms with van der Waals surface area (Å²) in [7, 11) is 6.47. The van der Waals surface area contributed by atoms with Gasteiger partial charge < -0.3 is 14.4 Å². The van der Waals surface area contributed by atoms with E-state index in [4.69, 9.17) is 9.47 Å². The number of nitro groups is 1. The predicted octanol–water partition coefficient (Wildman–Crippen LogP) is 3.57. The summed E-state index contributed by atoms with van der Waals surface area (Å²) in [5.41, 5.74) is 1.41. The number of hydrogen-bond donors (Lipinski definition) is 0. The van der Waals surface area contributed by atoms with Crippen LogP contribution in [0.5, 0.6) is 11.5 Å². The number of nitrogens with zero attached hydrogens (tertiary/aromatic N) is 2. The predicted molar refractivity (Wildman–Crippen MR) is 100 cm³/mol. The average Bonchev–Trinajstić information content (AvgIpc) is 2.64. The van der Waals surface area contributed by atoms with E-state index in [9.17, 15) is 14.9 Å². The van der Waals surface area contributed by atoms with Gasteiger partial charge in [0.25, 0.3) is 5.69 Å². The molecule has 0 heterocycles. The van der Waals surface area contributed by atoms with Crippen LogP contribution in [-0.2, 0) is 0 Å². The second-order valence-electron chi connectivity index (χ2n) is 5.66. The molecule has 136 valence electrons. The van der Waals surface area contributed by atoms with Crippen LogP contribution in [0.1, 0.15) is 15.9 Å². The minimum absolute atomic E-state index is 0.0216. The Balaban J connectivity index is 2.31. The Bertz CT molecular complexity index is 859. The van der Waals surface area contributed by atoms with Crippen LogP contribution in [-0.4, -0.2) is 39.0 Å². The van der Waals surface area contributed by atoms with Gasteiger partial charge in [-0.2, -0.15) is 0 Å². The molecular formula is C19H20N2O5. The van der Waals surface area contributed by atoms with Crippen molar-refractivity contribution < 1.29 is 19.2 Å². The molecule has 2 aromatic rings. The molecule has 0 N–H and O–H groups in total. The molecule has 0 saturated carbocycles. The average molecular weight is 356 g/mol. The van der Waals surface area contributed by atoms with Crippen molar-refractivity contribution in [3.05, 3.63) is 63.7 Å². The van der Waals surface area contributed by atoms with Gasteiger partial charge in [0.2, 0.25) is 0 Å². The molecule has 0 unspecified atom stereocenters. The van der Waals surface area contributed by atoms with E-state index in [1.165, 1.54) is 26.4 Å². The van der Waals surface area contributed by atoms with Crippen LogP contribution in [0.15, 0.2) is 42.5 Å². The number of ketones is 1. The SMILES string of the molecule is COc1ccc(C(=O)/C=C/c2ccc(N(C)C)c([N+](=O)[O-])c2)c(OC)c1. The third kappa shape index (κ3) is 4.18. The summed E-state index contributed by atoms with van der Waals surface area (Å²) in [5.74, 6) is 0.703. The first-order valence-corrected chi connectivity index (χ1v) is 7.77. The minimum Gasteiger partial charge on any atom is -0.497 e. The number of nitro benzene ring substituents is 1. The number of carbonyl (C=O) groups is 1. The largest absolute Gasteiger partial charge is 0.497 e. The second kappa shape index (κ2) is 8.15. The Morgan fingerprint density at radius 3 is 2.42 bits per heavy atom. The highest BCUT2D eigenvalue weighted by Gasteiger charge is 2.16. The molecule has 7 nitrogen and oxygen atoms in total. The molecule has 0 aliphatic carbocycles. The molecule has 0 spiro atoms. The molecule has 26 heavy (non-hydrogen) atoms. The molecule has 0 atom stereocenters. The molecule has 2 aromatic carbocycles. The van der Waals surface area contributed by atoms with Crippen molar-refractivity contribution in [2.75, 3.05) is 33.2 Å². The van der Waals surface area contributed by atoms with Crippen LogP contribution in [0.4, 0.5) is 11.4 Å². The van der Waals surface area contributed by atoms with Crippen molar-refractivity contribution in [3.63, 3.8) is 0 Å². The lowest BCUT2D eigenvalue weighted by Crippen LogP contribution is -2.11. The fourth-order valence-electron chi connectivity index (χ4n) is 2.43. The first-order valence-electron chi connectivity index (χ1n) is 7.77. The van der Waals surface area contributed by atoms with Gasteiger partial charge in [-0.3, -0.25) is 14.9 Å². The molecule has 0 radical (unpaired) electrons. The van der Waals surface area contributed by atoms with Crippen LogP contribution in [0.25, 0.3) is 6.08 Å². The van der Waals surface area contributed by atoms with Crippen molar-refractivity contribution >= 4 is 23.2 Å². The van der Waals surface area contributed by atoms with Crippen LogP contribution < -0.4 is 14.4 Å². The number of allylic oxidation sites excluding steroid dienone is 1. The highest BCUT2D eigenvalue weighted by molar-refractivity contribution is 6.08. The van der Waals surface area contributed by atoms with Gasteiger partial charge in [-0.1, -0.05) is 12.1 Å². The summed E-state index contributed by atoms with van der Waals surface area (Å²) in [6, 6.07) is 9.71. The van der Waals surface area contributed by atoms with Crippen LogP contribution in [0.2, 0.25) is 0 Å². The molecule has 0 aliphatic rings. The van der Waals surface area contributed by atoms with Gasteiger partial charge in [0, 0.05) is 26.2 Å². The number of carbonyl (C=O) groups excluding carboxylic acids is 1. The third-order valence-corrected chi connectivity index (χ3v) is 3.78. The fourth-order valence-corrected chi connectivity index (χ4v) is 2.43. The van der Waals surface area contributed by atoms with Gasteiger partial charge in [-0.15, -0.1) is 0 Å². The van der Waals surface area contributed by atoms with Gasteiger partial charge >= 0.3 is 0 Å². The van der Waals surface area contributed by atoms with E-state index in [1.807, 2.05) is 0 Å². The molecular weight excluding hydrogens is 336 g/mol. The highest BCUT2D eigenvalue weighted by atomic mass is 16.6. The Labute approximate surface area is 151 Å². The van der Waals surface area contributed by atoms with Gasteiger partial charge in [-0.25, -0.2) is 0 Å². The number of hydrogen-bond acceptors (Lipinski definition) is 6. The zero-order valence-electron chi connectivity index (χ0n) is 15.1. The number of rotatable bonds is 7. The maximum absolute atomic E-state index is 12.4. The van der Waals surface area contributed by atoms with E-state index in [2.05, 4.69) is 0 Å². The Morgan fingerprint density at radius 2 is 1.85 bits per heavy atom. The first kappa shape index (κ1) is 19.0. The van der Waals surface area contributed by atoms with Crippen molar-refractivity contribution in [1.29, 1.82) is 0 Å². The molecule has 0 amide bonds. The van der Waals surface area contributed by atoms with E-state index >= 15 is 0 Å². The zero-order chi connectivity index (χ0) is 19.3. The van der Waals surface area contributed by atoms with E-state index < -0.39 is 4.92 Å². The van der Waals surface area contributed by atoms with E-state index in [-0.39, 0.29) is 11.5 Å². The van der Waals surface area contributed by atoms with Crippen molar-refractivity contribution in [2.45, 2.75) is 0 Å². The maximum Gasteiger partial charge on any atom is 0.293 e. The standard InChI is InChI=1S/C19H20N2O5/c1-20(2)16-9-5-13(11-17(16)21(23)24)6-10-18(22)15-8-7-14(25-3)12-19(15)26-4/h5-12H,1-4H3/b10-6+.